The fourth-order valence-corrected chi connectivity index (χ4v) is 7.92. The monoisotopic (exact) mass is 658 g/mol. The number of esters is 2. The maximum atomic E-state index is 12.2. The SMILES string of the molecule is C=C(CO)C(=O)OCC(COC(=O)C(=C)CO)C1CCC(C2CCC(c3ccc(-c4ccc(CCCCC)c(CC)c4)cc3)CC2)CC1. The molecule has 2 aromatic rings. The van der Waals surface area contributed by atoms with Gasteiger partial charge in [0.05, 0.1) is 37.6 Å². The van der Waals surface area contributed by atoms with Gasteiger partial charge in [0.25, 0.3) is 0 Å². The number of unbranched alkanes of at least 4 members (excludes halogenated alkanes) is 2. The second-order valence-electron chi connectivity index (χ2n) is 14.2. The van der Waals surface area contributed by atoms with Gasteiger partial charge >= 0.3 is 11.9 Å². The number of rotatable bonds is 17. The molecule has 0 unspecified atom stereocenters. The molecule has 0 saturated heterocycles. The standard InChI is InChI=1S/C42H58O6/c1-5-7-8-9-32-22-23-39(24-31(32)6-2)37-18-14-35(15-19-37)33-10-12-34(13-11-33)36-16-20-38(21-17-36)40(27-47-41(45)29(3)25-43)28-48-42(46)30(4)26-44/h14-15,18-19,22-24,33-34,36,38,40,43-44H,3-13,16-17,20-21,25-28H2,1-2H3. The molecule has 0 amide bonds. The van der Waals surface area contributed by atoms with E-state index in [2.05, 4.69) is 69.5 Å². The number of ether oxygens (including phenoxy) is 2. The zero-order chi connectivity index (χ0) is 34.5. The van der Waals surface area contributed by atoms with E-state index in [-0.39, 0.29) is 36.2 Å². The largest absolute Gasteiger partial charge is 0.462 e. The molecule has 0 atom stereocenters. The van der Waals surface area contributed by atoms with Crippen molar-refractivity contribution in [2.45, 2.75) is 103 Å². The predicted octanol–water partition coefficient (Wildman–Crippen LogP) is 8.53. The van der Waals surface area contributed by atoms with Crippen LogP contribution < -0.4 is 0 Å². The molecule has 2 aliphatic rings. The minimum atomic E-state index is -0.633. The average Bonchev–Trinajstić information content (AvgIpc) is 3.14. The van der Waals surface area contributed by atoms with Gasteiger partial charge in [-0.05, 0) is 122 Å². The van der Waals surface area contributed by atoms with Crippen molar-refractivity contribution in [2.75, 3.05) is 26.4 Å². The van der Waals surface area contributed by atoms with Crippen LogP contribution in [0.2, 0.25) is 0 Å². The lowest BCUT2D eigenvalue weighted by atomic mass is 9.67. The normalized spacial score (nSPS) is 21.1. The van der Waals surface area contributed by atoms with Gasteiger partial charge in [-0.25, -0.2) is 9.59 Å². The molecule has 2 N–H and O–H groups in total. The molecule has 48 heavy (non-hydrogen) atoms. The topological polar surface area (TPSA) is 93.1 Å². The molecule has 262 valence electrons. The molecule has 2 fully saturated rings. The first-order valence-corrected chi connectivity index (χ1v) is 18.4. The summed E-state index contributed by atoms with van der Waals surface area (Å²) in [6, 6.07) is 16.4. The summed E-state index contributed by atoms with van der Waals surface area (Å²) < 4.78 is 10.9. The lowest BCUT2D eigenvalue weighted by Crippen LogP contribution is -2.33. The Morgan fingerprint density at radius 2 is 1.27 bits per heavy atom. The van der Waals surface area contributed by atoms with E-state index in [4.69, 9.17) is 9.47 Å². The first-order chi connectivity index (χ1) is 23.3. The molecular formula is C42H58O6. The Kier molecular flexibility index (Phi) is 15.0. The molecule has 0 bridgehead atoms. The molecule has 4 rings (SSSR count). The number of hydrogen-bond donors (Lipinski definition) is 2. The van der Waals surface area contributed by atoms with Gasteiger partial charge in [-0.2, -0.15) is 0 Å². The number of carbonyl (C=O) groups is 2. The highest BCUT2D eigenvalue weighted by Gasteiger charge is 2.34. The van der Waals surface area contributed by atoms with Crippen molar-refractivity contribution < 1.29 is 29.3 Å². The molecule has 6 heteroatoms. The van der Waals surface area contributed by atoms with Crippen molar-refractivity contribution in [1.29, 1.82) is 0 Å². The van der Waals surface area contributed by atoms with Crippen LogP contribution >= 0.6 is 0 Å². The quantitative estimate of drug-likeness (QED) is 0.101. The van der Waals surface area contributed by atoms with E-state index in [9.17, 15) is 19.8 Å². The lowest BCUT2D eigenvalue weighted by Gasteiger charge is -2.39. The number of aliphatic hydroxyl groups excluding tert-OH is 2. The highest BCUT2D eigenvalue weighted by Crippen LogP contribution is 2.45. The first kappa shape index (κ1) is 37.6. The Hall–Kier alpha value is -3.22. The van der Waals surface area contributed by atoms with E-state index in [1.807, 2.05) is 0 Å². The summed E-state index contributed by atoms with van der Waals surface area (Å²) in [5, 5.41) is 18.4. The Morgan fingerprint density at radius 1 is 0.729 bits per heavy atom. The summed E-state index contributed by atoms with van der Waals surface area (Å²) in [5.74, 6) is 0.878. The summed E-state index contributed by atoms with van der Waals surface area (Å²) >= 11 is 0. The van der Waals surface area contributed by atoms with Crippen LogP contribution in [0.5, 0.6) is 0 Å². The van der Waals surface area contributed by atoms with Crippen LogP contribution in [0, 0.1) is 23.7 Å². The van der Waals surface area contributed by atoms with Crippen LogP contribution in [0.25, 0.3) is 11.1 Å². The highest BCUT2D eigenvalue weighted by atomic mass is 16.5. The molecular weight excluding hydrogens is 600 g/mol. The number of aliphatic hydroxyl groups is 2. The van der Waals surface area contributed by atoms with Gasteiger partial charge in [0.2, 0.25) is 0 Å². The van der Waals surface area contributed by atoms with E-state index >= 15 is 0 Å². The zero-order valence-electron chi connectivity index (χ0n) is 29.4. The van der Waals surface area contributed by atoms with Gasteiger partial charge < -0.3 is 19.7 Å². The van der Waals surface area contributed by atoms with Crippen molar-refractivity contribution in [3.8, 4) is 11.1 Å². The van der Waals surface area contributed by atoms with E-state index in [1.54, 1.807) is 0 Å². The van der Waals surface area contributed by atoms with Gasteiger partial charge in [-0.3, -0.25) is 0 Å². The fraction of sp³-hybridized carbons (Fsp3) is 0.571. The summed E-state index contributed by atoms with van der Waals surface area (Å²) in [6.45, 7) is 10.9. The summed E-state index contributed by atoms with van der Waals surface area (Å²) in [5.41, 5.74) is 7.09. The van der Waals surface area contributed by atoms with E-state index in [0.717, 1.165) is 38.0 Å². The molecule has 0 radical (unpaired) electrons. The van der Waals surface area contributed by atoms with Crippen LogP contribution in [-0.2, 0) is 31.9 Å². The smallest absolute Gasteiger partial charge is 0.335 e. The van der Waals surface area contributed by atoms with Gasteiger partial charge in [0.15, 0.2) is 0 Å². The van der Waals surface area contributed by atoms with E-state index in [0.29, 0.717) is 11.8 Å². The second kappa shape index (κ2) is 19.1. The van der Waals surface area contributed by atoms with Crippen LogP contribution in [0.3, 0.4) is 0 Å². The van der Waals surface area contributed by atoms with Gasteiger partial charge in [-0.1, -0.05) is 82.3 Å². The maximum Gasteiger partial charge on any atom is 0.335 e. The molecule has 6 nitrogen and oxygen atoms in total. The number of hydrogen-bond acceptors (Lipinski definition) is 6. The molecule has 2 saturated carbocycles. The number of aryl methyl sites for hydroxylation is 2. The maximum absolute atomic E-state index is 12.2. The Balaban J connectivity index is 1.27. The van der Waals surface area contributed by atoms with Gasteiger partial charge in [0.1, 0.15) is 0 Å². The average molecular weight is 659 g/mol. The van der Waals surface area contributed by atoms with Crippen LogP contribution in [-0.4, -0.2) is 48.6 Å². The lowest BCUT2D eigenvalue weighted by molar-refractivity contribution is -0.146. The van der Waals surface area contributed by atoms with E-state index in [1.165, 1.54) is 79.2 Å². The van der Waals surface area contributed by atoms with Crippen LogP contribution in [0.15, 0.2) is 66.8 Å². The van der Waals surface area contributed by atoms with E-state index < -0.39 is 25.2 Å². The van der Waals surface area contributed by atoms with Crippen molar-refractivity contribution in [1.82, 2.24) is 0 Å². The Morgan fingerprint density at radius 3 is 1.79 bits per heavy atom. The zero-order valence-corrected chi connectivity index (χ0v) is 29.4. The minimum absolute atomic E-state index is 0.00279. The predicted molar refractivity (Wildman–Crippen MR) is 192 cm³/mol. The van der Waals surface area contributed by atoms with Crippen molar-refractivity contribution in [2.24, 2.45) is 23.7 Å². The molecule has 0 spiro atoms. The van der Waals surface area contributed by atoms with Crippen molar-refractivity contribution in [3.63, 3.8) is 0 Å². The summed E-state index contributed by atoms with van der Waals surface area (Å²) in [4.78, 5) is 24.3. The third-order valence-corrected chi connectivity index (χ3v) is 11.1. The molecule has 0 aliphatic heterocycles. The third-order valence-electron chi connectivity index (χ3n) is 11.1. The molecule has 2 aliphatic carbocycles. The van der Waals surface area contributed by atoms with Gasteiger partial charge in [-0.15, -0.1) is 0 Å². The first-order valence-electron chi connectivity index (χ1n) is 18.4. The molecule has 0 aromatic heterocycles. The third kappa shape index (κ3) is 10.4. The van der Waals surface area contributed by atoms with Crippen LogP contribution in [0.4, 0.5) is 0 Å². The number of carbonyl (C=O) groups excluding carboxylic acids is 2. The Labute approximate surface area is 288 Å². The number of benzene rings is 2. The molecule has 0 heterocycles. The van der Waals surface area contributed by atoms with Gasteiger partial charge in [0, 0.05) is 5.92 Å². The minimum Gasteiger partial charge on any atom is -0.462 e. The Bertz CT molecular complexity index is 1310. The fourth-order valence-electron chi connectivity index (χ4n) is 7.92. The molecule has 2 aromatic carbocycles. The second-order valence-corrected chi connectivity index (χ2v) is 14.2. The summed E-state index contributed by atoms with van der Waals surface area (Å²) in [6.07, 6.45) is 15.3. The highest BCUT2D eigenvalue weighted by molar-refractivity contribution is 5.88. The van der Waals surface area contributed by atoms with Crippen LogP contribution in [0.1, 0.15) is 107 Å². The van der Waals surface area contributed by atoms with Crippen molar-refractivity contribution >= 4 is 11.9 Å². The summed E-state index contributed by atoms with van der Waals surface area (Å²) in [7, 11) is 0. The van der Waals surface area contributed by atoms with Crippen molar-refractivity contribution in [3.05, 3.63) is 83.5 Å².